The fourth-order valence-corrected chi connectivity index (χ4v) is 9.04. The first-order chi connectivity index (χ1) is 14.0. The maximum atomic E-state index is 6.76. The van der Waals surface area contributed by atoms with Gasteiger partial charge in [0.1, 0.15) is 16.8 Å². The third-order valence-corrected chi connectivity index (χ3v) is 10.7. The lowest BCUT2D eigenvalue weighted by molar-refractivity contribution is -0.316. The van der Waals surface area contributed by atoms with Crippen LogP contribution in [0.25, 0.3) is 0 Å². The topological polar surface area (TPSA) is 40.2 Å². The molecule has 2 aliphatic heterocycles. The number of hydrogen-bond donors (Lipinski definition) is 0. The normalized spacial score (nSPS) is 58.7. The molecule has 0 aromatic heterocycles. The zero-order valence-corrected chi connectivity index (χ0v) is 18.1. The van der Waals surface area contributed by atoms with Gasteiger partial charge in [-0.2, -0.15) is 0 Å². The standard InChI is InChI=1S/C25H36O4/c1-3-4-12-26-25-15-17(25)14-20-18-5-8-23-16-22(11-13-27-29-22)9-10-24(23,28-23)19(18)6-7-21(20,25)2/h6,17-18,20H,3-5,7-16H2,1-2H3/t17-,18+,20-,21-,22?,23+,24+,25?/m0/s1. The minimum Gasteiger partial charge on any atom is -0.374 e. The molecule has 4 heteroatoms. The number of rotatable bonds is 4. The SMILES string of the molecule is CCCCOC12C[C@@H]1C[C@H]1[C@@H]3CC[C@@]45CC6(CCOO6)CC[C@@]4(O5)C3=CC[C@@]12C. The summed E-state index contributed by atoms with van der Waals surface area (Å²) in [5.74, 6) is 2.32. The van der Waals surface area contributed by atoms with Crippen molar-refractivity contribution in [1.82, 2.24) is 0 Å². The van der Waals surface area contributed by atoms with Crippen molar-refractivity contribution in [3.63, 3.8) is 0 Å². The molecule has 0 amide bonds. The minimum atomic E-state index is -0.0667. The van der Waals surface area contributed by atoms with Gasteiger partial charge in [-0.3, -0.25) is 0 Å². The van der Waals surface area contributed by atoms with Crippen LogP contribution in [0.3, 0.4) is 0 Å². The van der Waals surface area contributed by atoms with Gasteiger partial charge in [0, 0.05) is 24.9 Å². The minimum absolute atomic E-state index is 0.0391. The van der Waals surface area contributed by atoms with Crippen LogP contribution in [0.4, 0.5) is 0 Å². The molecule has 0 N–H and O–H groups in total. The van der Waals surface area contributed by atoms with Gasteiger partial charge in [0.2, 0.25) is 0 Å². The molecule has 0 radical (unpaired) electrons. The van der Waals surface area contributed by atoms with Crippen LogP contribution in [0.5, 0.6) is 0 Å². The Bertz CT molecular complexity index is 771. The fourth-order valence-electron chi connectivity index (χ4n) is 9.04. The quantitative estimate of drug-likeness (QED) is 0.285. The molecular formula is C25H36O4. The van der Waals surface area contributed by atoms with Crippen molar-refractivity contribution in [3.05, 3.63) is 11.6 Å². The Hall–Kier alpha value is -0.420. The van der Waals surface area contributed by atoms with Crippen molar-refractivity contribution >= 4 is 0 Å². The second kappa shape index (κ2) is 5.49. The molecule has 29 heavy (non-hydrogen) atoms. The summed E-state index contributed by atoms with van der Waals surface area (Å²) in [4.78, 5) is 11.1. The zero-order chi connectivity index (χ0) is 19.5. The Kier molecular flexibility index (Phi) is 3.44. The van der Waals surface area contributed by atoms with E-state index in [2.05, 4.69) is 19.9 Å². The Morgan fingerprint density at radius 2 is 2.14 bits per heavy atom. The molecule has 6 fully saturated rings. The number of unbranched alkanes of at least 4 members (excludes halogenated alkanes) is 1. The van der Waals surface area contributed by atoms with Gasteiger partial charge in [-0.25, -0.2) is 9.78 Å². The fraction of sp³-hybridized carbons (Fsp3) is 0.920. The summed E-state index contributed by atoms with van der Waals surface area (Å²) < 4.78 is 13.4. The summed E-state index contributed by atoms with van der Waals surface area (Å²) in [6.45, 7) is 6.53. The van der Waals surface area contributed by atoms with E-state index >= 15 is 0 Å². The van der Waals surface area contributed by atoms with E-state index in [0.717, 1.165) is 56.7 Å². The molecule has 5 aliphatic carbocycles. The van der Waals surface area contributed by atoms with E-state index in [4.69, 9.17) is 19.2 Å². The van der Waals surface area contributed by atoms with Gasteiger partial charge in [0.25, 0.3) is 0 Å². The average Bonchev–Trinajstić information content (AvgIpc) is 3.51. The maximum Gasteiger partial charge on any atom is 0.119 e. The van der Waals surface area contributed by atoms with Crippen molar-refractivity contribution in [2.45, 2.75) is 107 Å². The van der Waals surface area contributed by atoms with E-state index in [1.807, 2.05) is 0 Å². The Morgan fingerprint density at radius 3 is 2.97 bits per heavy atom. The van der Waals surface area contributed by atoms with Gasteiger partial charge in [0.15, 0.2) is 0 Å². The van der Waals surface area contributed by atoms with Crippen LogP contribution in [0.1, 0.15) is 84.5 Å². The predicted octanol–water partition coefficient (Wildman–Crippen LogP) is 5.11. The molecule has 0 bridgehead atoms. The summed E-state index contributed by atoms with van der Waals surface area (Å²) in [5, 5.41) is 0. The summed E-state index contributed by atoms with van der Waals surface area (Å²) in [7, 11) is 0. The van der Waals surface area contributed by atoms with Gasteiger partial charge < -0.3 is 9.47 Å². The second-order valence-corrected chi connectivity index (χ2v) is 11.7. The predicted molar refractivity (Wildman–Crippen MR) is 108 cm³/mol. The lowest BCUT2D eigenvalue weighted by atomic mass is 9.52. The molecule has 0 aromatic rings. The Balaban J connectivity index is 1.18. The number of allylic oxidation sites excluding steroid dienone is 1. The van der Waals surface area contributed by atoms with Crippen LogP contribution in [0, 0.1) is 23.2 Å². The van der Waals surface area contributed by atoms with E-state index in [1.165, 1.54) is 44.9 Å². The molecule has 2 unspecified atom stereocenters. The largest absolute Gasteiger partial charge is 0.374 e. The monoisotopic (exact) mass is 400 g/mol. The summed E-state index contributed by atoms with van der Waals surface area (Å²) in [6.07, 6.45) is 15.8. The van der Waals surface area contributed by atoms with Crippen molar-refractivity contribution in [1.29, 1.82) is 0 Å². The van der Waals surface area contributed by atoms with Crippen molar-refractivity contribution < 1.29 is 19.2 Å². The van der Waals surface area contributed by atoms with E-state index in [1.54, 1.807) is 5.57 Å². The highest BCUT2D eigenvalue weighted by Crippen LogP contribution is 2.79. The first-order valence-electron chi connectivity index (χ1n) is 12.4. The van der Waals surface area contributed by atoms with Crippen LogP contribution in [0.2, 0.25) is 0 Å². The average molecular weight is 401 g/mol. The molecule has 4 nitrogen and oxygen atoms in total. The molecule has 2 saturated heterocycles. The van der Waals surface area contributed by atoms with Crippen molar-refractivity contribution in [2.75, 3.05) is 13.2 Å². The van der Waals surface area contributed by atoms with Gasteiger partial charge in [-0.05, 0) is 74.7 Å². The highest BCUT2D eigenvalue weighted by molar-refractivity contribution is 5.45. The lowest BCUT2D eigenvalue weighted by Gasteiger charge is -2.51. The maximum absolute atomic E-state index is 6.76. The van der Waals surface area contributed by atoms with E-state index < -0.39 is 0 Å². The number of ether oxygens (including phenoxy) is 2. The van der Waals surface area contributed by atoms with Crippen LogP contribution in [-0.2, 0) is 19.2 Å². The molecule has 160 valence electrons. The van der Waals surface area contributed by atoms with Gasteiger partial charge >= 0.3 is 0 Å². The molecule has 1 spiro atoms. The molecule has 0 aromatic carbocycles. The Labute approximate surface area is 174 Å². The molecule has 2 heterocycles. The van der Waals surface area contributed by atoms with Crippen LogP contribution < -0.4 is 0 Å². The number of epoxide rings is 1. The van der Waals surface area contributed by atoms with E-state index in [0.29, 0.717) is 5.41 Å². The third-order valence-electron chi connectivity index (χ3n) is 10.7. The molecule has 4 saturated carbocycles. The first-order valence-corrected chi connectivity index (χ1v) is 12.4. The van der Waals surface area contributed by atoms with Crippen molar-refractivity contribution in [3.8, 4) is 0 Å². The summed E-state index contributed by atoms with van der Waals surface area (Å²) in [6, 6.07) is 0. The number of hydrogen-bond acceptors (Lipinski definition) is 4. The molecule has 7 aliphatic rings. The molecule has 8 atom stereocenters. The second-order valence-electron chi connectivity index (χ2n) is 11.7. The highest BCUT2D eigenvalue weighted by atomic mass is 17.2. The zero-order valence-electron chi connectivity index (χ0n) is 18.1. The van der Waals surface area contributed by atoms with Crippen LogP contribution in [0.15, 0.2) is 11.6 Å². The smallest absolute Gasteiger partial charge is 0.119 e. The van der Waals surface area contributed by atoms with Crippen LogP contribution >= 0.6 is 0 Å². The van der Waals surface area contributed by atoms with Gasteiger partial charge in [0.05, 0.1) is 12.2 Å². The lowest BCUT2D eigenvalue weighted by Crippen LogP contribution is -2.52. The third kappa shape index (κ3) is 2.02. The molecule has 7 rings (SSSR count). The van der Waals surface area contributed by atoms with Gasteiger partial charge in [-0.1, -0.05) is 26.3 Å². The summed E-state index contributed by atoms with van der Waals surface area (Å²) >= 11 is 0. The number of fused-ring (bicyclic) bond motifs is 5. The highest BCUT2D eigenvalue weighted by Gasteiger charge is 2.81. The van der Waals surface area contributed by atoms with Crippen molar-refractivity contribution in [2.24, 2.45) is 23.2 Å². The molecular weight excluding hydrogens is 364 g/mol. The van der Waals surface area contributed by atoms with Crippen LogP contribution in [-0.4, -0.2) is 35.6 Å². The summed E-state index contributed by atoms with van der Waals surface area (Å²) in [5.41, 5.74) is 2.23. The first kappa shape index (κ1) is 18.2. The van der Waals surface area contributed by atoms with E-state index in [9.17, 15) is 0 Å². The van der Waals surface area contributed by atoms with E-state index in [-0.39, 0.29) is 22.4 Å². The van der Waals surface area contributed by atoms with Gasteiger partial charge in [-0.15, -0.1) is 0 Å². The Morgan fingerprint density at radius 1 is 1.21 bits per heavy atom.